The molecule has 1 heterocycles. The van der Waals surface area contributed by atoms with Crippen LogP contribution >= 0.6 is 0 Å². The zero-order valence-corrected chi connectivity index (χ0v) is 9.86. The molecule has 92 valence electrons. The lowest BCUT2D eigenvalue weighted by atomic mass is 10.1. The van der Waals surface area contributed by atoms with Crippen molar-refractivity contribution in [3.05, 3.63) is 54.1 Å². The molecule has 0 spiro atoms. The van der Waals surface area contributed by atoms with Gasteiger partial charge in [-0.3, -0.25) is 9.97 Å². The molecule has 4 nitrogen and oxygen atoms in total. The lowest BCUT2D eigenvalue weighted by Gasteiger charge is -2.11. The highest BCUT2D eigenvalue weighted by Crippen LogP contribution is 2.28. The second-order valence-corrected chi connectivity index (χ2v) is 4.42. The Kier molecular flexibility index (Phi) is 2.94. The highest BCUT2D eigenvalue weighted by molar-refractivity contribution is 5.31. The zero-order chi connectivity index (χ0) is 12.4. The van der Waals surface area contributed by atoms with Crippen molar-refractivity contribution >= 4 is 0 Å². The molecule has 1 aliphatic carbocycles. The van der Waals surface area contributed by atoms with Gasteiger partial charge in [0, 0.05) is 12.4 Å². The van der Waals surface area contributed by atoms with Crippen molar-refractivity contribution in [3.63, 3.8) is 0 Å². The Morgan fingerprint density at radius 2 is 1.94 bits per heavy atom. The average molecular weight is 242 g/mol. The predicted molar refractivity (Wildman–Crippen MR) is 66.2 cm³/mol. The Balaban J connectivity index is 1.75. The third-order valence-corrected chi connectivity index (χ3v) is 2.89. The molecule has 4 heteroatoms. The molecule has 18 heavy (non-hydrogen) atoms. The molecule has 1 saturated carbocycles. The van der Waals surface area contributed by atoms with Crippen LogP contribution in [-0.4, -0.2) is 21.2 Å². The van der Waals surface area contributed by atoms with Crippen LogP contribution in [0.3, 0.4) is 0 Å². The van der Waals surface area contributed by atoms with Gasteiger partial charge in [-0.15, -0.1) is 0 Å². The minimum atomic E-state index is -0.742. The maximum Gasteiger partial charge on any atom is 0.123 e. The maximum atomic E-state index is 10.1. The first-order valence-corrected chi connectivity index (χ1v) is 6.03. The van der Waals surface area contributed by atoms with E-state index in [1.165, 1.54) is 0 Å². The summed E-state index contributed by atoms with van der Waals surface area (Å²) < 4.78 is 5.66. The highest BCUT2D eigenvalue weighted by Gasteiger charge is 2.23. The van der Waals surface area contributed by atoms with Gasteiger partial charge in [-0.25, -0.2) is 0 Å². The first kappa shape index (κ1) is 11.2. The summed E-state index contributed by atoms with van der Waals surface area (Å²) in [5.74, 6) is 0.854. The summed E-state index contributed by atoms with van der Waals surface area (Å²) in [5.41, 5.74) is 1.34. The summed E-state index contributed by atoms with van der Waals surface area (Å²) in [6, 6.07) is 7.48. The van der Waals surface area contributed by atoms with Crippen LogP contribution in [0.25, 0.3) is 0 Å². The van der Waals surface area contributed by atoms with Gasteiger partial charge in [-0.1, -0.05) is 12.1 Å². The molecule has 1 N–H and O–H groups in total. The first-order chi connectivity index (χ1) is 8.83. The van der Waals surface area contributed by atoms with Gasteiger partial charge in [0.2, 0.25) is 0 Å². The third kappa shape index (κ3) is 2.49. The van der Waals surface area contributed by atoms with Crippen molar-refractivity contribution in [2.45, 2.75) is 25.0 Å². The van der Waals surface area contributed by atoms with E-state index in [2.05, 4.69) is 9.97 Å². The number of ether oxygens (including phenoxy) is 1. The van der Waals surface area contributed by atoms with E-state index in [-0.39, 0.29) is 0 Å². The minimum absolute atomic E-state index is 0.390. The summed E-state index contributed by atoms with van der Waals surface area (Å²) in [6.45, 7) is 0. The second kappa shape index (κ2) is 4.74. The number of benzene rings is 1. The molecule has 1 aromatic carbocycles. The fourth-order valence-corrected chi connectivity index (χ4v) is 1.73. The molecule has 1 aliphatic rings. The predicted octanol–water partition coefficient (Wildman–Crippen LogP) is 2.10. The molecular weight excluding hydrogens is 228 g/mol. The van der Waals surface area contributed by atoms with E-state index in [4.69, 9.17) is 4.74 Å². The molecule has 0 radical (unpaired) electrons. The Labute approximate surface area is 105 Å². The number of hydrogen-bond donors (Lipinski definition) is 1. The van der Waals surface area contributed by atoms with Gasteiger partial charge in [0.15, 0.2) is 0 Å². The molecule has 2 aromatic rings. The van der Waals surface area contributed by atoms with Crippen LogP contribution in [0.5, 0.6) is 5.75 Å². The summed E-state index contributed by atoms with van der Waals surface area (Å²) in [6.07, 6.45) is 6.66. The zero-order valence-electron chi connectivity index (χ0n) is 9.86. The van der Waals surface area contributed by atoms with Crippen molar-refractivity contribution in [2.24, 2.45) is 0 Å². The summed E-state index contributed by atoms with van der Waals surface area (Å²) in [5, 5.41) is 10.1. The van der Waals surface area contributed by atoms with Gasteiger partial charge in [0.1, 0.15) is 11.9 Å². The van der Waals surface area contributed by atoms with Crippen molar-refractivity contribution in [3.8, 4) is 5.75 Å². The molecule has 0 aliphatic heterocycles. The lowest BCUT2D eigenvalue weighted by Crippen LogP contribution is -2.03. The minimum Gasteiger partial charge on any atom is -0.490 e. The maximum absolute atomic E-state index is 10.1. The molecule has 1 aromatic heterocycles. The van der Waals surface area contributed by atoms with E-state index in [1.54, 1.807) is 18.6 Å². The molecule has 0 saturated heterocycles. The fraction of sp³-hybridized carbons (Fsp3) is 0.286. The van der Waals surface area contributed by atoms with Crippen LogP contribution in [-0.2, 0) is 0 Å². The fourth-order valence-electron chi connectivity index (χ4n) is 1.73. The van der Waals surface area contributed by atoms with Crippen LogP contribution < -0.4 is 4.74 Å². The normalized spacial score (nSPS) is 16.3. The van der Waals surface area contributed by atoms with Gasteiger partial charge < -0.3 is 9.84 Å². The van der Waals surface area contributed by atoms with E-state index in [1.807, 2.05) is 24.3 Å². The van der Waals surface area contributed by atoms with Crippen LogP contribution in [0, 0.1) is 0 Å². The van der Waals surface area contributed by atoms with Crippen molar-refractivity contribution in [1.82, 2.24) is 9.97 Å². The second-order valence-electron chi connectivity index (χ2n) is 4.42. The Bertz CT molecular complexity index is 509. The Morgan fingerprint density at radius 3 is 2.56 bits per heavy atom. The largest absolute Gasteiger partial charge is 0.490 e. The van der Waals surface area contributed by atoms with Crippen molar-refractivity contribution in [1.29, 1.82) is 0 Å². The summed E-state index contributed by atoms with van der Waals surface area (Å²) >= 11 is 0. The monoisotopic (exact) mass is 242 g/mol. The number of hydrogen-bond acceptors (Lipinski definition) is 4. The number of rotatable bonds is 4. The number of aliphatic hydroxyl groups excluding tert-OH is 1. The molecule has 1 fully saturated rings. The molecule has 0 bridgehead atoms. The topological polar surface area (TPSA) is 55.2 Å². The van der Waals surface area contributed by atoms with Crippen LogP contribution in [0.15, 0.2) is 42.9 Å². The molecule has 1 unspecified atom stereocenters. The highest BCUT2D eigenvalue weighted by atomic mass is 16.5. The quantitative estimate of drug-likeness (QED) is 0.892. The summed E-state index contributed by atoms with van der Waals surface area (Å²) in [7, 11) is 0. The Morgan fingerprint density at radius 1 is 1.17 bits per heavy atom. The number of aliphatic hydroxyl groups is 1. The van der Waals surface area contributed by atoms with Gasteiger partial charge in [0.25, 0.3) is 0 Å². The Hall–Kier alpha value is -1.94. The lowest BCUT2D eigenvalue weighted by molar-refractivity contribution is 0.214. The molecular formula is C14H14N2O2. The van der Waals surface area contributed by atoms with Crippen LogP contribution in [0.2, 0.25) is 0 Å². The van der Waals surface area contributed by atoms with E-state index < -0.39 is 6.10 Å². The number of aromatic nitrogens is 2. The number of nitrogens with zero attached hydrogens (tertiary/aromatic N) is 2. The molecule has 0 amide bonds. The molecule has 3 rings (SSSR count). The van der Waals surface area contributed by atoms with Crippen molar-refractivity contribution in [2.75, 3.05) is 0 Å². The van der Waals surface area contributed by atoms with Crippen molar-refractivity contribution < 1.29 is 9.84 Å². The van der Waals surface area contributed by atoms with Crippen LogP contribution in [0.4, 0.5) is 0 Å². The SMILES string of the molecule is OC(c1ccc(OC2CC2)cc1)c1cnccn1. The average Bonchev–Trinajstić information content (AvgIpc) is 3.24. The summed E-state index contributed by atoms with van der Waals surface area (Å²) in [4.78, 5) is 8.04. The van der Waals surface area contributed by atoms with Gasteiger partial charge in [-0.2, -0.15) is 0 Å². The van der Waals surface area contributed by atoms with Crippen LogP contribution in [0.1, 0.15) is 30.2 Å². The standard InChI is InChI=1S/C14H14N2O2/c17-14(13-9-15-7-8-16-13)10-1-3-11(4-2-10)18-12-5-6-12/h1-4,7-9,12,14,17H,5-6H2. The molecule has 1 atom stereocenters. The van der Waals surface area contributed by atoms with E-state index in [0.717, 1.165) is 24.2 Å². The van der Waals surface area contributed by atoms with E-state index in [0.29, 0.717) is 11.8 Å². The van der Waals surface area contributed by atoms with Gasteiger partial charge >= 0.3 is 0 Å². The third-order valence-electron chi connectivity index (χ3n) is 2.89. The van der Waals surface area contributed by atoms with E-state index in [9.17, 15) is 5.11 Å². The van der Waals surface area contributed by atoms with Gasteiger partial charge in [-0.05, 0) is 30.5 Å². The van der Waals surface area contributed by atoms with Gasteiger partial charge in [0.05, 0.1) is 18.0 Å². The van der Waals surface area contributed by atoms with E-state index >= 15 is 0 Å². The smallest absolute Gasteiger partial charge is 0.123 e. The first-order valence-electron chi connectivity index (χ1n) is 6.03.